The summed E-state index contributed by atoms with van der Waals surface area (Å²) in [4.78, 5) is 28.1. The number of anilines is 1. The van der Waals surface area contributed by atoms with E-state index in [0.717, 1.165) is 0 Å². The molecule has 1 aromatic heterocycles. The van der Waals surface area contributed by atoms with Crippen molar-refractivity contribution in [3.05, 3.63) is 100 Å². The minimum atomic E-state index is -1.04. The maximum absolute atomic E-state index is 13.6. The summed E-state index contributed by atoms with van der Waals surface area (Å²) in [5.74, 6) is -2.06. The molecule has 0 bridgehead atoms. The molecule has 0 radical (unpaired) electrons. The van der Waals surface area contributed by atoms with Gasteiger partial charge in [0.05, 0.1) is 18.7 Å². The number of phenols is 1. The largest absolute Gasteiger partial charge is 0.504 e. The molecule has 1 aliphatic heterocycles. The summed E-state index contributed by atoms with van der Waals surface area (Å²) in [6.07, 6.45) is 0. The van der Waals surface area contributed by atoms with Crippen LogP contribution in [-0.2, 0) is 4.79 Å². The number of aliphatic hydroxyl groups excluding tert-OH is 1. The van der Waals surface area contributed by atoms with Crippen molar-refractivity contribution in [3.8, 4) is 11.5 Å². The number of para-hydroxylation sites is 1. The zero-order valence-electron chi connectivity index (χ0n) is 17.9. The molecule has 5 rings (SSSR count). The van der Waals surface area contributed by atoms with Crippen molar-refractivity contribution in [2.24, 2.45) is 0 Å². The van der Waals surface area contributed by atoms with Gasteiger partial charge in [0, 0.05) is 16.1 Å². The van der Waals surface area contributed by atoms with Gasteiger partial charge in [0.25, 0.3) is 5.91 Å². The van der Waals surface area contributed by atoms with Crippen LogP contribution in [0, 0.1) is 0 Å². The summed E-state index contributed by atoms with van der Waals surface area (Å²) in [5, 5.41) is 22.4. The molecule has 0 aliphatic carbocycles. The Bertz CT molecular complexity index is 1440. The summed E-state index contributed by atoms with van der Waals surface area (Å²) >= 11 is 6.01. The molecule has 7 nitrogen and oxygen atoms in total. The second kappa shape index (κ2) is 8.28. The number of phenolic OH excluding ortho intramolecular Hbond substituents is 1. The molecule has 34 heavy (non-hydrogen) atoms. The van der Waals surface area contributed by atoms with Crippen molar-refractivity contribution in [2.45, 2.75) is 6.04 Å². The number of amides is 1. The number of aromatic hydroxyl groups is 1. The van der Waals surface area contributed by atoms with Crippen LogP contribution < -0.4 is 9.64 Å². The van der Waals surface area contributed by atoms with Crippen molar-refractivity contribution < 1.29 is 29.0 Å². The number of hydrogen-bond acceptors (Lipinski definition) is 6. The van der Waals surface area contributed by atoms with E-state index in [9.17, 15) is 19.8 Å². The van der Waals surface area contributed by atoms with Gasteiger partial charge in [0.1, 0.15) is 5.58 Å². The highest BCUT2D eigenvalue weighted by atomic mass is 35.5. The number of carbonyl (C=O) groups is 2. The fourth-order valence-corrected chi connectivity index (χ4v) is 4.25. The SMILES string of the molecule is COc1ccc(C2C(C(=O)c3cc4ccccc4o3)=C(O)C(=O)N2c2ccc(Cl)cc2)cc1O. The van der Waals surface area contributed by atoms with E-state index in [-0.39, 0.29) is 22.8 Å². The number of furan rings is 1. The number of carbonyl (C=O) groups excluding carboxylic acids is 2. The molecule has 1 amide bonds. The first kappa shape index (κ1) is 21.6. The third-order valence-electron chi connectivity index (χ3n) is 5.73. The highest BCUT2D eigenvalue weighted by Gasteiger charge is 2.45. The van der Waals surface area contributed by atoms with Crippen LogP contribution in [0.4, 0.5) is 5.69 Å². The van der Waals surface area contributed by atoms with Crippen LogP contribution in [0.3, 0.4) is 0 Å². The molecule has 8 heteroatoms. The average molecular weight is 476 g/mol. The van der Waals surface area contributed by atoms with E-state index in [1.807, 2.05) is 6.07 Å². The zero-order valence-corrected chi connectivity index (χ0v) is 18.6. The second-order valence-electron chi connectivity index (χ2n) is 7.73. The van der Waals surface area contributed by atoms with Gasteiger partial charge in [-0.15, -0.1) is 0 Å². The number of aliphatic hydroxyl groups is 1. The number of ether oxygens (including phenoxy) is 1. The fraction of sp³-hybridized carbons (Fsp3) is 0.0769. The van der Waals surface area contributed by atoms with Crippen molar-refractivity contribution >= 4 is 39.9 Å². The van der Waals surface area contributed by atoms with E-state index >= 15 is 0 Å². The Kier molecular flexibility index (Phi) is 5.26. The number of benzene rings is 3. The van der Waals surface area contributed by atoms with Crippen molar-refractivity contribution in [1.82, 2.24) is 0 Å². The molecule has 1 unspecified atom stereocenters. The number of fused-ring (bicyclic) bond motifs is 1. The number of rotatable bonds is 5. The van der Waals surface area contributed by atoms with Gasteiger partial charge in [-0.25, -0.2) is 0 Å². The van der Waals surface area contributed by atoms with Gasteiger partial charge in [-0.3, -0.25) is 14.5 Å². The summed E-state index contributed by atoms with van der Waals surface area (Å²) in [6, 6.07) is 18.6. The second-order valence-corrected chi connectivity index (χ2v) is 8.16. The lowest BCUT2D eigenvalue weighted by Gasteiger charge is -2.27. The van der Waals surface area contributed by atoms with Crippen LogP contribution >= 0.6 is 11.6 Å². The minimum absolute atomic E-state index is 0.0174. The number of ketones is 1. The lowest BCUT2D eigenvalue weighted by Crippen LogP contribution is -2.31. The first-order valence-electron chi connectivity index (χ1n) is 10.3. The normalized spacial score (nSPS) is 15.9. The van der Waals surface area contributed by atoms with Crippen LogP contribution in [0.5, 0.6) is 11.5 Å². The Hall–Kier alpha value is -4.23. The maximum Gasteiger partial charge on any atom is 0.294 e. The Balaban J connectivity index is 1.67. The summed E-state index contributed by atoms with van der Waals surface area (Å²) < 4.78 is 10.8. The van der Waals surface area contributed by atoms with Gasteiger partial charge in [-0.2, -0.15) is 0 Å². The van der Waals surface area contributed by atoms with Gasteiger partial charge in [0.15, 0.2) is 23.0 Å². The number of hydrogen-bond donors (Lipinski definition) is 2. The summed E-state index contributed by atoms with van der Waals surface area (Å²) in [6.45, 7) is 0. The first-order chi connectivity index (χ1) is 16.4. The topological polar surface area (TPSA) is 100 Å². The molecule has 0 saturated heterocycles. The molecule has 2 heterocycles. The lowest BCUT2D eigenvalue weighted by molar-refractivity contribution is -0.117. The van der Waals surface area contributed by atoms with Gasteiger partial charge >= 0.3 is 0 Å². The third-order valence-corrected chi connectivity index (χ3v) is 5.98. The van der Waals surface area contributed by atoms with Gasteiger partial charge in [-0.05, 0) is 54.1 Å². The molecule has 1 atom stereocenters. The molecular weight excluding hydrogens is 458 g/mol. The Morgan fingerprint density at radius 3 is 2.44 bits per heavy atom. The molecule has 170 valence electrons. The Labute approximate surface area is 199 Å². The maximum atomic E-state index is 13.6. The predicted molar refractivity (Wildman–Crippen MR) is 127 cm³/mol. The molecule has 4 aromatic rings. The number of nitrogens with zero attached hydrogens (tertiary/aromatic N) is 1. The van der Waals surface area contributed by atoms with E-state index < -0.39 is 23.5 Å². The van der Waals surface area contributed by atoms with Crippen molar-refractivity contribution in [1.29, 1.82) is 0 Å². The van der Waals surface area contributed by atoms with E-state index in [1.54, 1.807) is 54.6 Å². The van der Waals surface area contributed by atoms with Crippen molar-refractivity contribution in [3.63, 3.8) is 0 Å². The first-order valence-corrected chi connectivity index (χ1v) is 10.7. The molecule has 0 saturated carbocycles. The third kappa shape index (κ3) is 3.47. The Morgan fingerprint density at radius 1 is 1.03 bits per heavy atom. The number of Topliss-reactive ketones (excluding diaryl/α,β-unsaturated/α-hetero) is 1. The van der Waals surface area contributed by atoms with Gasteiger partial charge in [-0.1, -0.05) is 35.9 Å². The standard InChI is InChI=1S/C26H18ClNO6/c1-33-20-11-6-15(12-18(20)29)23-22(24(30)21-13-14-4-2-3-5-19(14)34-21)25(31)26(32)28(23)17-9-7-16(27)8-10-17/h2-13,23,29,31H,1H3. The van der Waals surface area contributed by atoms with E-state index in [4.69, 9.17) is 20.8 Å². The van der Waals surface area contributed by atoms with E-state index in [2.05, 4.69) is 0 Å². The van der Waals surface area contributed by atoms with Crippen LogP contribution in [-0.4, -0.2) is 29.0 Å². The minimum Gasteiger partial charge on any atom is -0.504 e. The summed E-state index contributed by atoms with van der Waals surface area (Å²) in [5.41, 5.74) is 1.14. The van der Waals surface area contributed by atoms with Crippen LogP contribution in [0.25, 0.3) is 11.0 Å². The van der Waals surface area contributed by atoms with Crippen LogP contribution in [0.1, 0.15) is 22.2 Å². The smallest absolute Gasteiger partial charge is 0.294 e. The Morgan fingerprint density at radius 2 is 1.76 bits per heavy atom. The zero-order chi connectivity index (χ0) is 24.0. The fourth-order valence-electron chi connectivity index (χ4n) is 4.12. The molecule has 1 aliphatic rings. The average Bonchev–Trinajstić information content (AvgIpc) is 3.38. The van der Waals surface area contributed by atoms with E-state index in [0.29, 0.717) is 27.2 Å². The monoisotopic (exact) mass is 475 g/mol. The highest BCUT2D eigenvalue weighted by Crippen LogP contribution is 2.44. The van der Waals surface area contributed by atoms with Crippen LogP contribution in [0.15, 0.2) is 88.5 Å². The molecular formula is C26H18ClNO6. The van der Waals surface area contributed by atoms with Crippen molar-refractivity contribution in [2.75, 3.05) is 12.0 Å². The lowest BCUT2D eigenvalue weighted by atomic mass is 9.94. The van der Waals surface area contributed by atoms with Gasteiger partial charge < -0.3 is 19.4 Å². The number of halogens is 1. The molecule has 0 fully saturated rings. The quantitative estimate of drug-likeness (QED) is 0.365. The van der Waals surface area contributed by atoms with Gasteiger partial charge in [0.2, 0.25) is 5.78 Å². The number of methoxy groups -OCH3 is 1. The molecule has 2 N–H and O–H groups in total. The molecule has 0 spiro atoms. The molecule has 3 aromatic carbocycles. The summed E-state index contributed by atoms with van der Waals surface area (Å²) in [7, 11) is 1.41. The highest BCUT2D eigenvalue weighted by molar-refractivity contribution is 6.30. The van der Waals surface area contributed by atoms with Crippen LogP contribution in [0.2, 0.25) is 5.02 Å². The predicted octanol–water partition coefficient (Wildman–Crippen LogP) is 5.58. The van der Waals surface area contributed by atoms with E-state index in [1.165, 1.54) is 24.1 Å².